The van der Waals surface area contributed by atoms with Crippen molar-refractivity contribution in [2.75, 3.05) is 0 Å². The average molecular weight is 224 g/mol. The summed E-state index contributed by atoms with van der Waals surface area (Å²) in [4.78, 5) is 22.4. The summed E-state index contributed by atoms with van der Waals surface area (Å²) in [6.07, 6.45) is 0.935. The molecule has 1 rings (SSSR count). The molecule has 0 amide bonds. The molecule has 0 saturated heterocycles. The van der Waals surface area contributed by atoms with Crippen LogP contribution in [0, 0.1) is 5.82 Å². The molecule has 86 valence electrons. The molecule has 0 aliphatic rings. The molecule has 16 heavy (non-hydrogen) atoms. The minimum absolute atomic E-state index is 0.0875. The number of halogens is 1. The molecule has 0 saturated carbocycles. The minimum Gasteiger partial charge on any atom is -0.426 e. The summed E-state index contributed by atoms with van der Waals surface area (Å²) in [6.45, 7) is 3.14. The molecule has 0 fully saturated rings. The van der Waals surface area contributed by atoms with Gasteiger partial charge in [0.25, 0.3) is 0 Å². The highest BCUT2D eigenvalue weighted by Gasteiger charge is 2.12. The lowest BCUT2D eigenvalue weighted by Gasteiger charge is -2.07. The van der Waals surface area contributed by atoms with Crippen LogP contribution in [0.2, 0.25) is 0 Å². The van der Waals surface area contributed by atoms with Crippen LogP contribution in [0.15, 0.2) is 18.2 Å². The van der Waals surface area contributed by atoms with Crippen LogP contribution in [0.1, 0.15) is 37.0 Å². The Hall–Kier alpha value is -1.71. The Morgan fingerprint density at radius 1 is 1.38 bits per heavy atom. The predicted octanol–water partition coefficient (Wildman–Crippen LogP) is 2.73. The number of benzene rings is 1. The monoisotopic (exact) mass is 224 g/mol. The highest BCUT2D eigenvalue weighted by Crippen LogP contribution is 2.20. The maximum absolute atomic E-state index is 12.9. The Bertz CT molecular complexity index is 413. The highest BCUT2D eigenvalue weighted by molar-refractivity contribution is 5.97. The number of ether oxygens (including phenoxy) is 1. The largest absolute Gasteiger partial charge is 0.426 e. The van der Waals surface area contributed by atoms with Gasteiger partial charge in [0.05, 0.1) is 5.56 Å². The Morgan fingerprint density at radius 2 is 2.06 bits per heavy atom. The molecule has 3 nitrogen and oxygen atoms in total. The number of hydrogen-bond acceptors (Lipinski definition) is 3. The van der Waals surface area contributed by atoms with E-state index in [1.54, 1.807) is 0 Å². The SMILES string of the molecule is CCCC(=O)Oc1ccc(F)cc1C(C)=O. The normalized spacial score (nSPS) is 9.94. The summed E-state index contributed by atoms with van der Waals surface area (Å²) < 4.78 is 17.9. The number of rotatable bonds is 4. The number of carbonyl (C=O) groups is 2. The van der Waals surface area contributed by atoms with Crippen LogP contribution < -0.4 is 4.74 Å². The number of esters is 1. The van der Waals surface area contributed by atoms with Crippen molar-refractivity contribution in [2.45, 2.75) is 26.7 Å². The Morgan fingerprint density at radius 3 is 2.62 bits per heavy atom. The van der Waals surface area contributed by atoms with Crippen molar-refractivity contribution in [2.24, 2.45) is 0 Å². The number of ketones is 1. The highest BCUT2D eigenvalue weighted by atomic mass is 19.1. The van der Waals surface area contributed by atoms with Crippen LogP contribution >= 0.6 is 0 Å². The predicted molar refractivity (Wildman–Crippen MR) is 56.9 cm³/mol. The van der Waals surface area contributed by atoms with E-state index in [1.165, 1.54) is 13.0 Å². The molecule has 1 aromatic rings. The van der Waals surface area contributed by atoms with Gasteiger partial charge < -0.3 is 4.74 Å². The van der Waals surface area contributed by atoms with Crippen molar-refractivity contribution >= 4 is 11.8 Å². The summed E-state index contributed by atoms with van der Waals surface area (Å²) in [5.74, 6) is -1.16. The lowest BCUT2D eigenvalue weighted by atomic mass is 10.1. The van der Waals surface area contributed by atoms with Crippen molar-refractivity contribution in [3.63, 3.8) is 0 Å². The van der Waals surface area contributed by atoms with E-state index in [1.807, 2.05) is 6.92 Å². The maximum atomic E-state index is 12.9. The van der Waals surface area contributed by atoms with Crippen molar-refractivity contribution < 1.29 is 18.7 Å². The first kappa shape index (κ1) is 12.4. The average Bonchev–Trinajstić information content (AvgIpc) is 2.20. The zero-order chi connectivity index (χ0) is 12.1. The van der Waals surface area contributed by atoms with E-state index in [-0.39, 0.29) is 23.5 Å². The summed E-state index contributed by atoms with van der Waals surface area (Å²) in [6, 6.07) is 3.51. The molecule has 0 spiro atoms. The van der Waals surface area contributed by atoms with Crippen LogP contribution in [-0.4, -0.2) is 11.8 Å². The van der Waals surface area contributed by atoms with Gasteiger partial charge in [-0.1, -0.05) is 6.92 Å². The first-order valence-corrected chi connectivity index (χ1v) is 5.05. The third-order valence-electron chi connectivity index (χ3n) is 2.00. The van der Waals surface area contributed by atoms with Crippen molar-refractivity contribution in [1.29, 1.82) is 0 Å². The van der Waals surface area contributed by atoms with Gasteiger partial charge in [0.1, 0.15) is 11.6 Å². The first-order chi connectivity index (χ1) is 7.54. The molecule has 0 heterocycles. The third-order valence-corrected chi connectivity index (χ3v) is 2.00. The molecule has 0 aliphatic carbocycles. The van der Waals surface area contributed by atoms with Gasteiger partial charge >= 0.3 is 5.97 Å². The second-order valence-electron chi connectivity index (χ2n) is 3.42. The fourth-order valence-electron chi connectivity index (χ4n) is 1.24. The molecule has 0 bridgehead atoms. The van der Waals surface area contributed by atoms with E-state index in [0.29, 0.717) is 6.42 Å². The summed E-state index contributed by atoms with van der Waals surface area (Å²) in [5.41, 5.74) is 0.0875. The molecular formula is C12H13FO3. The van der Waals surface area contributed by atoms with Crippen LogP contribution in [0.3, 0.4) is 0 Å². The fraction of sp³-hybridized carbons (Fsp3) is 0.333. The third kappa shape index (κ3) is 3.15. The number of carbonyl (C=O) groups excluding carboxylic acids is 2. The summed E-state index contributed by atoms with van der Waals surface area (Å²) in [5, 5.41) is 0. The molecule has 0 aliphatic heterocycles. The van der Waals surface area contributed by atoms with Gasteiger partial charge in [0, 0.05) is 6.42 Å². The lowest BCUT2D eigenvalue weighted by molar-refractivity contribution is -0.134. The van der Waals surface area contributed by atoms with Crippen molar-refractivity contribution in [3.8, 4) is 5.75 Å². The van der Waals surface area contributed by atoms with Gasteiger partial charge in [-0.3, -0.25) is 9.59 Å². The van der Waals surface area contributed by atoms with E-state index in [9.17, 15) is 14.0 Å². The smallest absolute Gasteiger partial charge is 0.311 e. The zero-order valence-corrected chi connectivity index (χ0v) is 9.25. The van der Waals surface area contributed by atoms with Gasteiger partial charge in [0.15, 0.2) is 5.78 Å². The van der Waals surface area contributed by atoms with Gasteiger partial charge in [-0.15, -0.1) is 0 Å². The fourth-order valence-corrected chi connectivity index (χ4v) is 1.24. The minimum atomic E-state index is -0.527. The Kier molecular flexibility index (Phi) is 4.17. The molecule has 0 N–H and O–H groups in total. The molecule has 4 heteroatoms. The standard InChI is InChI=1S/C12H13FO3/c1-3-4-12(15)16-11-6-5-9(13)7-10(11)8(2)14/h5-7H,3-4H2,1-2H3. The van der Waals surface area contributed by atoms with Crippen LogP contribution in [0.25, 0.3) is 0 Å². The van der Waals surface area contributed by atoms with E-state index in [4.69, 9.17) is 4.74 Å². The van der Waals surface area contributed by atoms with Crippen molar-refractivity contribution in [1.82, 2.24) is 0 Å². The molecule has 0 atom stereocenters. The van der Waals surface area contributed by atoms with E-state index in [2.05, 4.69) is 0 Å². The molecule has 0 radical (unpaired) electrons. The van der Waals surface area contributed by atoms with E-state index in [0.717, 1.165) is 12.1 Å². The Labute approximate surface area is 93.2 Å². The first-order valence-electron chi connectivity index (χ1n) is 5.05. The van der Waals surface area contributed by atoms with Gasteiger partial charge in [0.2, 0.25) is 0 Å². The van der Waals surface area contributed by atoms with Gasteiger partial charge in [-0.25, -0.2) is 4.39 Å². The van der Waals surface area contributed by atoms with Gasteiger partial charge in [-0.05, 0) is 31.5 Å². The van der Waals surface area contributed by atoms with E-state index >= 15 is 0 Å². The Balaban J connectivity index is 2.95. The summed E-state index contributed by atoms with van der Waals surface area (Å²) >= 11 is 0. The van der Waals surface area contributed by atoms with Crippen molar-refractivity contribution in [3.05, 3.63) is 29.6 Å². The second-order valence-corrected chi connectivity index (χ2v) is 3.42. The number of Topliss-reactive ketones (excluding diaryl/α,β-unsaturated/α-hetero) is 1. The molecule has 1 aromatic carbocycles. The molecular weight excluding hydrogens is 211 g/mol. The molecule has 0 aromatic heterocycles. The van der Waals surface area contributed by atoms with Crippen LogP contribution in [-0.2, 0) is 4.79 Å². The summed E-state index contributed by atoms with van der Waals surface area (Å²) in [7, 11) is 0. The molecule has 0 unspecified atom stereocenters. The zero-order valence-electron chi connectivity index (χ0n) is 9.25. The van der Waals surface area contributed by atoms with Crippen LogP contribution in [0.5, 0.6) is 5.75 Å². The maximum Gasteiger partial charge on any atom is 0.311 e. The van der Waals surface area contributed by atoms with Gasteiger partial charge in [-0.2, -0.15) is 0 Å². The van der Waals surface area contributed by atoms with E-state index < -0.39 is 11.8 Å². The topological polar surface area (TPSA) is 43.4 Å². The quantitative estimate of drug-likeness (QED) is 0.448. The lowest BCUT2D eigenvalue weighted by Crippen LogP contribution is -2.10. The van der Waals surface area contributed by atoms with Crippen LogP contribution in [0.4, 0.5) is 4.39 Å². The number of hydrogen-bond donors (Lipinski definition) is 0. The second kappa shape index (κ2) is 5.39.